The van der Waals surface area contributed by atoms with Crippen LogP contribution in [-0.2, 0) is 10.0 Å². The second-order valence-electron chi connectivity index (χ2n) is 3.73. The number of anilines is 1. The lowest BCUT2D eigenvalue weighted by Crippen LogP contribution is -2.13. The molecule has 0 spiro atoms. The van der Waals surface area contributed by atoms with Crippen LogP contribution in [0.4, 0.5) is 10.1 Å². The topological polar surface area (TPSA) is 66.4 Å². The summed E-state index contributed by atoms with van der Waals surface area (Å²) >= 11 is 5.78. The maximum Gasteiger partial charge on any atom is 0.262 e. The van der Waals surface area contributed by atoms with Gasteiger partial charge < -0.3 is 5.11 Å². The van der Waals surface area contributed by atoms with E-state index < -0.39 is 15.8 Å². The van der Waals surface area contributed by atoms with E-state index in [0.717, 1.165) is 18.2 Å². The van der Waals surface area contributed by atoms with Gasteiger partial charge in [0.1, 0.15) is 11.6 Å². The summed E-state index contributed by atoms with van der Waals surface area (Å²) in [6.45, 7) is 0. The van der Waals surface area contributed by atoms with Gasteiger partial charge in [0.2, 0.25) is 0 Å². The van der Waals surface area contributed by atoms with Crippen LogP contribution in [0.3, 0.4) is 0 Å². The Morgan fingerprint density at radius 1 is 1.16 bits per heavy atom. The van der Waals surface area contributed by atoms with Crippen molar-refractivity contribution in [3.63, 3.8) is 0 Å². The molecule has 0 aliphatic rings. The van der Waals surface area contributed by atoms with Gasteiger partial charge in [0.15, 0.2) is 0 Å². The zero-order chi connectivity index (χ0) is 14.0. The predicted octanol–water partition coefficient (Wildman–Crippen LogP) is 2.99. The number of aromatic hydroxyl groups is 1. The molecule has 2 N–H and O–H groups in total. The van der Waals surface area contributed by atoms with Crippen molar-refractivity contribution in [3.8, 4) is 5.75 Å². The lowest BCUT2D eigenvalue weighted by Gasteiger charge is -2.09. The highest BCUT2D eigenvalue weighted by Gasteiger charge is 2.16. The van der Waals surface area contributed by atoms with Gasteiger partial charge in [0.05, 0.1) is 15.6 Å². The standard InChI is InChI=1S/C12H9ClFNO3S/c13-11-5-4-8(14)6-12(11)15-19(17,18)10-3-1-2-9(16)7-10/h1-7,15-16H. The molecular weight excluding hydrogens is 293 g/mol. The summed E-state index contributed by atoms with van der Waals surface area (Å²) in [6, 6.07) is 8.45. The molecule has 0 saturated heterocycles. The molecule has 2 aromatic carbocycles. The molecule has 7 heteroatoms. The van der Waals surface area contributed by atoms with E-state index in [-0.39, 0.29) is 21.4 Å². The molecule has 0 fully saturated rings. The largest absolute Gasteiger partial charge is 0.508 e. The van der Waals surface area contributed by atoms with Crippen molar-refractivity contribution < 1.29 is 17.9 Å². The van der Waals surface area contributed by atoms with Crippen LogP contribution in [0.25, 0.3) is 0 Å². The third kappa shape index (κ3) is 3.15. The molecule has 0 atom stereocenters. The van der Waals surface area contributed by atoms with Crippen LogP contribution in [-0.4, -0.2) is 13.5 Å². The lowest BCUT2D eigenvalue weighted by atomic mass is 10.3. The molecule has 0 aromatic heterocycles. The molecule has 0 bridgehead atoms. The van der Waals surface area contributed by atoms with Crippen molar-refractivity contribution in [2.75, 3.05) is 4.72 Å². The summed E-state index contributed by atoms with van der Waals surface area (Å²) in [5.74, 6) is -0.800. The molecule has 4 nitrogen and oxygen atoms in total. The van der Waals surface area contributed by atoms with Crippen molar-refractivity contribution in [3.05, 3.63) is 53.3 Å². The van der Waals surface area contributed by atoms with E-state index >= 15 is 0 Å². The average Bonchev–Trinajstić information content (AvgIpc) is 2.33. The number of halogens is 2. The van der Waals surface area contributed by atoms with Gasteiger partial charge in [-0.1, -0.05) is 17.7 Å². The lowest BCUT2D eigenvalue weighted by molar-refractivity contribution is 0.473. The molecule has 0 heterocycles. The second-order valence-corrected chi connectivity index (χ2v) is 5.82. The van der Waals surface area contributed by atoms with E-state index in [2.05, 4.69) is 4.72 Å². The Morgan fingerprint density at radius 3 is 2.58 bits per heavy atom. The predicted molar refractivity (Wildman–Crippen MR) is 70.3 cm³/mol. The Hall–Kier alpha value is -1.79. The highest BCUT2D eigenvalue weighted by atomic mass is 35.5. The average molecular weight is 302 g/mol. The number of phenolic OH excluding ortho intramolecular Hbond substituents is 1. The highest BCUT2D eigenvalue weighted by Crippen LogP contribution is 2.26. The van der Waals surface area contributed by atoms with Crippen molar-refractivity contribution in [1.29, 1.82) is 0 Å². The fraction of sp³-hybridized carbons (Fsp3) is 0. The van der Waals surface area contributed by atoms with E-state index in [1.54, 1.807) is 0 Å². The third-order valence-electron chi connectivity index (χ3n) is 2.30. The molecule has 0 amide bonds. The van der Waals surface area contributed by atoms with Crippen molar-refractivity contribution >= 4 is 27.3 Å². The second kappa shape index (κ2) is 5.07. The van der Waals surface area contributed by atoms with Crippen LogP contribution in [0.5, 0.6) is 5.75 Å². The van der Waals surface area contributed by atoms with Crippen LogP contribution in [0.1, 0.15) is 0 Å². The zero-order valence-corrected chi connectivity index (χ0v) is 11.0. The molecule has 2 aromatic rings. The van der Waals surface area contributed by atoms with Crippen LogP contribution >= 0.6 is 11.6 Å². The summed E-state index contributed by atoms with van der Waals surface area (Å²) in [5.41, 5.74) is -0.0648. The Labute approximate surface area is 114 Å². The van der Waals surface area contributed by atoms with Crippen LogP contribution in [0, 0.1) is 5.82 Å². The fourth-order valence-electron chi connectivity index (χ4n) is 1.43. The van der Waals surface area contributed by atoms with Gasteiger partial charge >= 0.3 is 0 Å². The van der Waals surface area contributed by atoms with E-state index in [9.17, 15) is 17.9 Å². The minimum absolute atomic E-state index is 0.0648. The van der Waals surface area contributed by atoms with Gasteiger partial charge in [-0.3, -0.25) is 4.72 Å². The highest BCUT2D eigenvalue weighted by molar-refractivity contribution is 7.92. The van der Waals surface area contributed by atoms with Gasteiger partial charge in [-0.25, -0.2) is 12.8 Å². The minimum atomic E-state index is -3.94. The van der Waals surface area contributed by atoms with Gasteiger partial charge in [-0.15, -0.1) is 0 Å². The van der Waals surface area contributed by atoms with Crippen molar-refractivity contribution in [2.24, 2.45) is 0 Å². The van der Waals surface area contributed by atoms with Crippen LogP contribution in [0.15, 0.2) is 47.4 Å². The van der Waals surface area contributed by atoms with Gasteiger partial charge in [0, 0.05) is 6.07 Å². The van der Waals surface area contributed by atoms with E-state index in [1.807, 2.05) is 0 Å². The first-order valence-corrected chi connectivity index (χ1v) is 7.01. The van der Waals surface area contributed by atoms with Crippen molar-refractivity contribution in [2.45, 2.75) is 4.90 Å². The molecule has 0 aliphatic heterocycles. The number of hydrogen-bond acceptors (Lipinski definition) is 3. The summed E-state index contributed by atoms with van der Waals surface area (Å²) in [4.78, 5) is -0.146. The molecule has 2 rings (SSSR count). The quantitative estimate of drug-likeness (QED) is 0.916. The summed E-state index contributed by atoms with van der Waals surface area (Å²) in [5, 5.41) is 9.34. The molecule has 0 unspecified atom stereocenters. The van der Waals surface area contributed by atoms with Gasteiger partial charge in [-0.05, 0) is 30.3 Å². The molecule has 100 valence electrons. The Bertz CT molecular complexity index is 719. The minimum Gasteiger partial charge on any atom is -0.508 e. The first-order valence-electron chi connectivity index (χ1n) is 5.15. The van der Waals surface area contributed by atoms with E-state index in [0.29, 0.717) is 0 Å². The van der Waals surface area contributed by atoms with Crippen molar-refractivity contribution in [1.82, 2.24) is 0 Å². The first kappa shape index (κ1) is 13.6. The molecule has 19 heavy (non-hydrogen) atoms. The molecule has 0 radical (unpaired) electrons. The number of sulfonamides is 1. The van der Waals surface area contributed by atoms with Gasteiger partial charge in [-0.2, -0.15) is 0 Å². The zero-order valence-electron chi connectivity index (χ0n) is 9.47. The SMILES string of the molecule is O=S(=O)(Nc1cc(F)ccc1Cl)c1cccc(O)c1. The monoisotopic (exact) mass is 301 g/mol. The molecular formula is C12H9ClFNO3S. The smallest absolute Gasteiger partial charge is 0.262 e. The van der Waals surface area contributed by atoms with Crippen LogP contribution < -0.4 is 4.72 Å². The van der Waals surface area contributed by atoms with E-state index in [4.69, 9.17) is 11.6 Å². The number of nitrogens with one attached hydrogen (secondary N) is 1. The number of phenols is 1. The van der Waals surface area contributed by atoms with Crippen LogP contribution in [0.2, 0.25) is 5.02 Å². The van der Waals surface area contributed by atoms with Gasteiger partial charge in [0.25, 0.3) is 10.0 Å². The maximum atomic E-state index is 13.1. The summed E-state index contributed by atoms with van der Waals surface area (Å²) in [6.07, 6.45) is 0. The Kier molecular flexibility index (Phi) is 3.64. The number of benzene rings is 2. The first-order chi connectivity index (χ1) is 8.88. The third-order valence-corrected chi connectivity index (χ3v) is 3.99. The molecule has 0 saturated carbocycles. The number of hydrogen-bond donors (Lipinski definition) is 2. The number of rotatable bonds is 3. The summed E-state index contributed by atoms with van der Waals surface area (Å²) in [7, 11) is -3.94. The maximum absolute atomic E-state index is 13.1. The Balaban J connectivity index is 2.39. The van der Waals surface area contributed by atoms with E-state index in [1.165, 1.54) is 24.3 Å². The normalized spacial score (nSPS) is 11.3. The molecule has 0 aliphatic carbocycles. The Morgan fingerprint density at radius 2 is 1.89 bits per heavy atom. The summed E-state index contributed by atoms with van der Waals surface area (Å²) < 4.78 is 39.2. The fourth-order valence-corrected chi connectivity index (χ4v) is 2.76.